The average molecular weight is 1020 g/mol. The van der Waals surface area contributed by atoms with Crippen LogP contribution in [0.2, 0.25) is 0 Å². The molecule has 0 saturated heterocycles. The minimum Gasteiger partial charge on any atom is -0.348 e. The number of halogens is 3. The van der Waals surface area contributed by atoms with Gasteiger partial charge in [-0.05, 0) is 79.9 Å². The number of fused-ring (bicyclic) bond motifs is 4. The van der Waals surface area contributed by atoms with Gasteiger partial charge in [0.2, 0.25) is 0 Å². The Morgan fingerprint density at radius 2 is 0.694 bits per heavy atom. The summed E-state index contributed by atoms with van der Waals surface area (Å²) in [6.45, 7) is 3.83. The molecule has 0 saturated carbocycles. The predicted molar refractivity (Wildman–Crippen MR) is 255 cm³/mol. The van der Waals surface area contributed by atoms with Gasteiger partial charge in [-0.2, -0.15) is 0 Å². The van der Waals surface area contributed by atoms with Crippen LogP contribution in [0.3, 0.4) is 0 Å². The first kappa shape index (κ1) is 44.7. The molecule has 316 valence electrons. The van der Waals surface area contributed by atoms with Crippen molar-refractivity contribution in [3.8, 4) is 0 Å². The number of rotatable bonds is 9. The van der Waals surface area contributed by atoms with Gasteiger partial charge in [-0.25, -0.2) is 0 Å². The molecule has 4 heterocycles. The molecule has 0 bridgehead atoms. The summed E-state index contributed by atoms with van der Waals surface area (Å²) >= 11 is 10.4. The van der Waals surface area contributed by atoms with Crippen LogP contribution < -0.4 is 5.32 Å². The van der Waals surface area contributed by atoms with Crippen LogP contribution in [0.25, 0.3) is 0 Å². The van der Waals surface area contributed by atoms with E-state index in [9.17, 15) is 19.2 Å². The molecule has 0 radical (unpaired) electrons. The molecule has 62 heavy (non-hydrogen) atoms. The molecular formula is C51H47Br3N4O4. The molecule has 0 atom stereocenters. The van der Waals surface area contributed by atoms with Gasteiger partial charge < -0.3 is 20.0 Å². The van der Waals surface area contributed by atoms with Crippen LogP contribution in [0.1, 0.15) is 104 Å². The normalized spacial score (nSPS) is 14.2. The molecule has 4 amide bonds. The molecule has 8 nitrogen and oxygen atoms in total. The summed E-state index contributed by atoms with van der Waals surface area (Å²) in [7, 11) is 0. The summed E-state index contributed by atoms with van der Waals surface area (Å²) < 4.78 is 0. The Morgan fingerprint density at radius 1 is 0.403 bits per heavy atom. The maximum Gasteiger partial charge on any atom is 0.254 e. The maximum atomic E-state index is 13.1. The van der Waals surface area contributed by atoms with Crippen LogP contribution in [0.4, 0.5) is 0 Å². The number of alkyl halides is 3. The SMILES string of the molecule is BrCc1cc(CBr)cc(CBr)c1.C.O=C1NCc2ccccc21.O=C1c2ccccc2CN1Cc1cc(CN2Cc3ccccc3C2=O)cc(CN2Cc3ccccc3C2=O)c1. The average Bonchev–Trinajstić information content (AvgIpc) is 4.02. The number of carbonyl (C=O) groups is 4. The van der Waals surface area contributed by atoms with Crippen molar-refractivity contribution in [3.63, 3.8) is 0 Å². The van der Waals surface area contributed by atoms with E-state index in [1.54, 1.807) is 0 Å². The van der Waals surface area contributed by atoms with Crippen LogP contribution >= 0.6 is 47.8 Å². The van der Waals surface area contributed by atoms with Gasteiger partial charge in [0.1, 0.15) is 0 Å². The zero-order valence-electron chi connectivity index (χ0n) is 33.4. The second-order valence-electron chi connectivity index (χ2n) is 15.5. The Hall–Kier alpha value is -5.36. The highest BCUT2D eigenvalue weighted by molar-refractivity contribution is 9.09. The Labute approximate surface area is 388 Å². The number of hydrogen-bond acceptors (Lipinski definition) is 4. The van der Waals surface area contributed by atoms with Gasteiger partial charge in [-0.1, -0.05) is 164 Å². The number of nitrogens with one attached hydrogen (secondary N) is 1. The van der Waals surface area contributed by atoms with E-state index >= 15 is 0 Å². The lowest BCUT2D eigenvalue weighted by molar-refractivity contribution is 0.0762. The van der Waals surface area contributed by atoms with Gasteiger partial charge in [0.15, 0.2) is 0 Å². The molecule has 4 aliphatic rings. The van der Waals surface area contributed by atoms with Crippen molar-refractivity contribution in [1.82, 2.24) is 20.0 Å². The number of amides is 4. The lowest BCUT2D eigenvalue weighted by Crippen LogP contribution is -2.26. The van der Waals surface area contributed by atoms with Gasteiger partial charge in [0, 0.05) is 84.1 Å². The van der Waals surface area contributed by atoms with Crippen molar-refractivity contribution in [2.75, 3.05) is 0 Å². The first-order valence-electron chi connectivity index (χ1n) is 20.1. The zero-order chi connectivity index (χ0) is 42.5. The minimum absolute atomic E-state index is 0. The van der Waals surface area contributed by atoms with Crippen LogP contribution in [0.15, 0.2) is 133 Å². The first-order valence-corrected chi connectivity index (χ1v) is 23.5. The summed E-state index contributed by atoms with van der Waals surface area (Å²) in [6.07, 6.45) is 0. The van der Waals surface area contributed by atoms with E-state index < -0.39 is 0 Å². The topological polar surface area (TPSA) is 90.0 Å². The molecule has 0 aliphatic carbocycles. The summed E-state index contributed by atoms with van der Waals surface area (Å²) in [6, 6.07) is 43.8. The second-order valence-corrected chi connectivity index (χ2v) is 17.2. The molecule has 1 N–H and O–H groups in total. The Morgan fingerprint density at radius 3 is 1.00 bits per heavy atom. The van der Waals surface area contributed by atoms with E-state index in [0.29, 0.717) is 45.8 Å². The Balaban J connectivity index is 0.000000205. The van der Waals surface area contributed by atoms with E-state index in [0.717, 1.165) is 77.2 Å². The van der Waals surface area contributed by atoms with E-state index in [-0.39, 0.29) is 31.1 Å². The molecule has 0 aromatic heterocycles. The Kier molecular flexibility index (Phi) is 14.6. The number of nitrogens with zero attached hydrogens (tertiary/aromatic N) is 3. The third kappa shape index (κ3) is 9.96. The minimum atomic E-state index is 0. The van der Waals surface area contributed by atoms with Crippen molar-refractivity contribution >= 4 is 71.4 Å². The van der Waals surface area contributed by atoms with Crippen LogP contribution in [0, 0.1) is 0 Å². The third-order valence-electron chi connectivity index (χ3n) is 11.2. The van der Waals surface area contributed by atoms with Crippen molar-refractivity contribution in [2.45, 2.75) is 69.2 Å². The molecule has 6 aromatic rings. The highest BCUT2D eigenvalue weighted by atomic mass is 79.9. The quantitative estimate of drug-likeness (QED) is 0.146. The molecule has 6 aromatic carbocycles. The van der Waals surface area contributed by atoms with Crippen molar-refractivity contribution in [3.05, 3.63) is 211 Å². The fourth-order valence-corrected chi connectivity index (χ4v) is 9.31. The predicted octanol–water partition coefficient (Wildman–Crippen LogP) is 11.1. The number of hydrogen-bond donors (Lipinski definition) is 1. The monoisotopic (exact) mass is 1020 g/mol. The zero-order valence-corrected chi connectivity index (χ0v) is 38.1. The molecule has 11 heteroatoms. The van der Waals surface area contributed by atoms with Crippen LogP contribution in [0.5, 0.6) is 0 Å². The lowest BCUT2D eigenvalue weighted by Gasteiger charge is -2.22. The lowest BCUT2D eigenvalue weighted by atomic mass is 10.0. The van der Waals surface area contributed by atoms with Gasteiger partial charge in [-0.15, -0.1) is 0 Å². The van der Waals surface area contributed by atoms with E-state index in [4.69, 9.17) is 0 Å². The van der Waals surface area contributed by atoms with E-state index in [1.807, 2.05) is 112 Å². The largest absolute Gasteiger partial charge is 0.348 e. The standard InChI is InChI=1S/C33H27N3O3.C9H9Br3.C8H7NO.CH4/c37-31-28-10-4-1-7-25(28)19-34(31)16-22-13-23(17-35-20-26-8-2-5-11-29(26)32(35)38)15-24(14-22)18-36-21-27-9-3-6-12-30(27)33(36)39;10-4-7-1-8(5-11)3-9(2-7)6-12;10-8-7-4-2-1-3-6(7)5-9-8;/h1-15H,16-21H2;1-3H,4-6H2;1-4H,5H2,(H,9,10);1H4. The van der Waals surface area contributed by atoms with E-state index in [1.165, 1.54) is 16.7 Å². The van der Waals surface area contributed by atoms with Crippen LogP contribution in [-0.2, 0) is 61.8 Å². The highest BCUT2D eigenvalue weighted by Crippen LogP contribution is 2.29. The number of benzene rings is 6. The maximum absolute atomic E-state index is 13.1. The van der Waals surface area contributed by atoms with Crippen molar-refractivity contribution in [2.24, 2.45) is 0 Å². The van der Waals surface area contributed by atoms with Gasteiger partial charge in [0.05, 0.1) is 0 Å². The second kappa shape index (κ2) is 20.2. The Bertz CT molecular complexity index is 2390. The van der Waals surface area contributed by atoms with Crippen LogP contribution in [-0.4, -0.2) is 38.3 Å². The fourth-order valence-electron chi connectivity index (χ4n) is 8.34. The van der Waals surface area contributed by atoms with Gasteiger partial charge in [0.25, 0.3) is 23.6 Å². The molecule has 0 unspecified atom stereocenters. The molecule has 0 spiro atoms. The summed E-state index contributed by atoms with van der Waals surface area (Å²) in [5.41, 5.74) is 14.3. The summed E-state index contributed by atoms with van der Waals surface area (Å²) in [5.74, 6) is 0.157. The molecule has 10 rings (SSSR count). The first-order chi connectivity index (χ1) is 29.7. The molecular weight excluding hydrogens is 972 g/mol. The van der Waals surface area contributed by atoms with Gasteiger partial charge in [-0.3, -0.25) is 19.2 Å². The van der Waals surface area contributed by atoms with Crippen molar-refractivity contribution in [1.29, 1.82) is 0 Å². The third-order valence-corrected chi connectivity index (χ3v) is 13.1. The number of carbonyl (C=O) groups excluding carboxylic acids is 4. The van der Waals surface area contributed by atoms with Crippen molar-refractivity contribution < 1.29 is 19.2 Å². The molecule has 0 fully saturated rings. The molecule has 4 aliphatic heterocycles. The highest BCUT2D eigenvalue weighted by Gasteiger charge is 2.30. The summed E-state index contributed by atoms with van der Waals surface area (Å²) in [5, 5.41) is 5.52. The van der Waals surface area contributed by atoms with E-state index in [2.05, 4.69) is 89.5 Å². The smallest absolute Gasteiger partial charge is 0.254 e. The fraction of sp³-hybridized carbons (Fsp3) is 0.216. The van der Waals surface area contributed by atoms with Gasteiger partial charge >= 0.3 is 0 Å². The summed E-state index contributed by atoms with van der Waals surface area (Å²) in [4.78, 5) is 55.8.